The van der Waals surface area contributed by atoms with Crippen molar-refractivity contribution in [1.82, 2.24) is 10.6 Å². The average molecular weight is 212 g/mol. The molecule has 3 nitrogen and oxygen atoms in total. The Kier molecular flexibility index (Phi) is 4.58. The van der Waals surface area contributed by atoms with Crippen LogP contribution in [0.15, 0.2) is 0 Å². The van der Waals surface area contributed by atoms with E-state index in [0.717, 1.165) is 6.54 Å². The molecule has 0 aliphatic heterocycles. The van der Waals surface area contributed by atoms with Crippen LogP contribution in [0.4, 0.5) is 0 Å². The molecule has 0 saturated heterocycles. The van der Waals surface area contributed by atoms with Crippen LogP contribution in [0.25, 0.3) is 0 Å². The van der Waals surface area contributed by atoms with Crippen molar-refractivity contribution >= 4 is 5.91 Å². The summed E-state index contributed by atoms with van der Waals surface area (Å²) in [4.78, 5) is 11.0. The summed E-state index contributed by atoms with van der Waals surface area (Å²) in [6.45, 7) is 5.47. The highest BCUT2D eigenvalue weighted by Crippen LogP contribution is 2.34. The smallest absolute Gasteiger partial charge is 0.221 e. The number of hydrogen-bond acceptors (Lipinski definition) is 2. The van der Waals surface area contributed by atoms with Gasteiger partial charge in [0.25, 0.3) is 0 Å². The van der Waals surface area contributed by atoms with Crippen molar-refractivity contribution in [2.75, 3.05) is 13.6 Å². The minimum Gasteiger partial charge on any atom is -0.359 e. The SMILES string of the molecule is CNC(=O)CCNC1CCCC(C)(C)C1. The van der Waals surface area contributed by atoms with E-state index in [9.17, 15) is 4.79 Å². The Morgan fingerprint density at radius 1 is 1.47 bits per heavy atom. The minimum atomic E-state index is 0.123. The van der Waals surface area contributed by atoms with Crippen LogP contribution in [-0.2, 0) is 4.79 Å². The highest BCUT2D eigenvalue weighted by molar-refractivity contribution is 5.75. The van der Waals surface area contributed by atoms with Gasteiger partial charge in [-0.15, -0.1) is 0 Å². The summed E-state index contributed by atoms with van der Waals surface area (Å²) in [5.41, 5.74) is 0.475. The molecule has 1 atom stereocenters. The fourth-order valence-corrected chi connectivity index (χ4v) is 2.39. The molecule has 0 spiro atoms. The van der Waals surface area contributed by atoms with Gasteiger partial charge >= 0.3 is 0 Å². The van der Waals surface area contributed by atoms with Gasteiger partial charge in [-0.1, -0.05) is 20.3 Å². The van der Waals surface area contributed by atoms with Gasteiger partial charge in [0.2, 0.25) is 5.91 Å². The lowest BCUT2D eigenvalue weighted by Gasteiger charge is -2.35. The molecule has 1 aliphatic carbocycles. The van der Waals surface area contributed by atoms with Crippen LogP contribution >= 0.6 is 0 Å². The largest absolute Gasteiger partial charge is 0.359 e. The molecule has 1 fully saturated rings. The first-order valence-electron chi connectivity index (χ1n) is 5.97. The van der Waals surface area contributed by atoms with E-state index in [2.05, 4.69) is 24.5 Å². The predicted octanol–water partition coefficient (Wildman–Crippen LogP) is 1.68. The summed E-state index contributed by atoms with van der Waals surface area (Å²) >= 11 is 0. The van der Waals surface area contributed by atoms with Gasteiger partial charge in [-0.3, -0.25) is 4.79 Å². The first kappa shape index (κ1) is 12.5. The van der Waals surface area contributed by atoms with E-state index in [1.165, 1.54) is 25.7 Å². The number of hydrogen-bond donors (Lipinski definition) is 2. The van der Waals surface area contributed by atoms with Gasteiger partial charge in [0.15, 0.2) is 0 Å². The highest BCUT2D eigenvalue weighted by Gasteiger charge is 2.27. The van der Waals surface area contributed by atoms with E-state index in [1.54, 1.807) is 7.05 Å². The summed E-state index contributed by atoms with van der Waals surface area (Å²) in [7, 11) is 1.69. The third-order valence-electron chi connectivity index (χ3n) is 3.27. The van der Waals surface area contributed by atoms with Crippen LogP contribution in [0.5, 0.6) is 0 Å². The number of rotatable bonds is 4. The molecular weight excluding hydrogens is 188 g/mol. The Labute approximate surface area is 93.0 Å². The van der Waals surface area contributed by atoms with Crippen molar-refractivity contribution in [2.24, 2.45) is 5.41 Å². The molecule has 1 aliphatic rings. The van der Waals surface area contributed by atoms with Crippen molar-refractivity contribution in [3.63, 3.8) is 0 Å². The zero-order chi connectivity index (χ0) is 11.3. The second-order valence-corrected chi connectivity index (χ2v) is 5.33. The fourth-order valence-electron chi connectivity index (χ4n) is 2.39. The van der Waals surface area contributed by atoms with Crippen molar-refractivity contribution in [3.05, 3.63) is 0 Å². The van der Waals surface area contributed by atoms with Gasteiger partial charge in [0.05, 0.1) is 0 Å². The van der Waals surface area contributed by atoms with E-state index in [4.69, 9.17) is 0 Å². The van der Waals surface area contributed by atoms with E-state index in [0.29, 0.717) is 17.9 Å². The second-order valence-electron chi connectivity index (χ2n) is 5.33. The summed E-state index contributed by atoms with van der Waals surface area (Å²) in [5.74, 6) is 0.123. The van der Waals surface area contributed by atoms with Gasteiger partial charge in [0, 0.05) is 26.1 Å². The molecular formula is C12H24N2O. The molecule has 0 aromatic heterocycles. The zero-order valence-electron chi connectivity index (χ0n) is 10.2. The molecule has 2 N–H and O–H groups in total. The normalized spacial score (nSPS) is 24.9. The van der Waals surface area contributed by atoms with Crippen LogP contribution < -0.4 is 10.6 Å². The van der Waals surface area contributed by atoms with E-state index < -0.39 is 0 Å². The quantitative estimate of drug-likeness (QED) is 0.744. The molecule has 15 heavy (non-hydrogen) atoms. The molecule has 1 saturated carbocycles. The maximum absolute atomic E-state index is 11.0. The van der Waals surface area contributed by atoms with E-state index >= 15 is 0 Å². The molecule has 0 bridgehead atoms. The highest BCUT2D eigenvalue weighted by atomic mass is 16.1. The van der Waals surface area contributed by atoms with Crippen LogP contribution in [-0.4, -0.2) is 25.5 Å². The molecule has 0 heterocycles. The van der Waals surface area contributed by atoms with Crippen molar-refractivity contribution < 1.29 is 4.79 Å². The van der Waals surface area contributed by atoms with E-state index in [-0.39, 0.29) is 5.91 Å². The standard InChI is InChI=1S/C12H24N2O/c1-12(2)7-4-5-10(9-12)14-8-6-11(15)13-3/h10,14H,4-9H2,1-3H3,(H,13,15). The summed E-state index contributed by atoms with van der Waals surface area (Å²) < 4.78 is 0. The van der Waals surface area contributed by atoms with Crippen molar-refractivity contribution in [1.29, 1.82) is 0 Å². The molecule has 88 valence electrons. The zero-order valence-corrected chi connectivity index (χ0v) is 10.2. The van der Waals surface area contributed by atoms with Crippen LogP contribution in [0.3, 0.4) is 0 Å². The van der Waals surface area contributed by atoms with Crippen LogP contribution in [0.2, 0.25) is 0 Å². The Hall–Kier alpha value is -0.570. The number of nitrogens with one attached hydrogen (secondary N) is 2. The molecule has 0 aromatic carbocycles. The Bertz CT molecular complexity index is 214. The maximum atomic E-state index is 11.0. The molecule has 3 heteroatoms. The molecule has 0 aromatic rings. The summed E-state index contributed by atoms with van der Waals surface area (Å²) in [6.07, 6.45) is 5.73. The molecule has 1 unspecified atom stereocenters. The van der Waals surface area contributed by atoms with Gasteiger partial charge in [-0.2, -0.15) is 0 Å². The first-order valence-corrected chi connectivity index (χ1v) is 5.97. The minimum absolute atomic E-state index is 0.123. The topological polar surface area (TPSA) is 41.1 Å². The molecule has 0 radical (unpaired) electrons. The lowest BCUT2D eigenvalue weighted by atomic mass is 9.75. The van der Waals surface area contributed by atoms with Crippen molar-refractivity contribution in [3.8, 4) is 0 Å². The molecule has 1 amide bonds. The van der Waals surface area contributed by atoms with Gasteiger partial charge in [0.1, 0.15) is 0 Å². The van der Waals surface area contributed by atoms with Crippen LogP contribution in [0.1, 0.15) is 46.0 Å². The third-order valence-corrected chi connectivity index (χ3v) is 3.27. The fraction of sp³-hybridized carbons (Fsp3) is 0.917. The number of amides is 1. The predicted molar refractivity (Wildman–Crippen MR) is 62.7 cm³/mol. The Morgan fingerprint density at radius 3 is 2.80 bits per heavy atom. The summed E-state index contributed by atoms with van der Waals surface area (Å²) in [5, 5.41) is 6.12. The summed E-state index contributed by atoms with van der Waals surface area (Å²) in [6, 6.07) is 0.610. The third kappa shape index (κ3) is 4.65. The maximum Gasteiger partial charge on any atom is 0.221 e. The Balaban J connectivity index is 2.18. The first-order chi connectivity index (χ1) is 7.03. The van der Waals surface area contributed by atoms with Gasteiger partial charge in [-0.05, 0) is 24.7 Å². The van der Waals surface area contributed by atoms with E-state index in [1.807, 2.05) is 0 Å². The average Bonchev–Trinajstić information content (AvgIpc) is 2.16. The Morgan fingerprint density at radius 2 is 2.20 bits per heavy atom. The lowest BCUT2D eigenvalue weighted by molar-refractivity contribution is -0.120. The van der Waals surface area contributed by atoms with Crippen molar-refractivity contribution in [2.45, 2.75) is 52.0 Å². The van der Waals surface area contributed by atoms with Gasteiger partial charge in [-0.25, -0.2) is 0 Å². The lowest BCUT2D eigenvalue weighted by Crippen LogP contribution is -2.38. The van der Waals surface area contributed by atoms with Crippen LogP contribution in [0, 0.1) is 5.41 Å². The molecule has 1 rings (SSSR count). The number of carbonyl (C=O) groups is 1. The monoisotopic (exact) mass is 212 g/mol. The second kappa shape index (κ2) is 5.50. The number of carbonyl (C=O) groups excluding carboxylic acids is 1. The van der Waals surface area contributed by atoms with Gasteiger partial charge < -0.3 is 10.6 Å².